The molecule has 5 nitrogen and oxygen atoms in total. The highest BCUT2D eigenvalue weighted by atomic mass is 16.2. The van der Waals surface area contributed by atoms with Crippen LogP contribution in [0.15, 0.2) is 12.3 Å². The summed E-state index contributed by atoms with van der Waals surface area (Å²) < 4.78 is 1.64. The van der Waals surface area contributed by atoms with Crippen LogP contribution in [0.3, 0.4) is 0 Å². The van der Waals surface area contributed by atoms with Gasteiger partial charge in [0.2, 0.25) is 0 Å². The highest BCUT2D eigenvalue weighted by Gasteiger charge is 2.34. The van der Waals surface area contributed by atoms with Crippen molar-refractivity contribution >= 4 is 5.91 Å². The van der Waals surface area contributed by atoms with E-state index in [1.54, 1.807) is 16.9 Å². The average molecular weight is 222 g/mol. The maximum Gasteiger partial charge on any atom is 0.274 e. The van der Waals surface area contributed by atoms with Gasteiger partial charge in [-0.2, -0.15) is 5.10 Å². The molecular formula is C11H18N4O. The van der Waals surface area contributed by atoms with Crippen molar-refractivity contribution < 1.29 is 4.79 Å². The molecule has 0 saturated carbocycles. The summed E-state index contributed by atoms with van der Waals surface area (Å²) in [5.41, 5.74) is 6.23. The van der Waals surface area contributed by atoms with E-state index in [2.05, 4.69) is 12.0 Å². The summed E-state index contributed by atoms with van der Waals surface area (Å²) in [5, 5.41) is 4.13. The first-order chi connectivity index (χ1) is 7.63. The van der Waals surface area contributed by atoms with Gasteiger partial charge >= 0.3 is 0 Å². The van der Waals surface area contributed by atoms with Gasteiger partial charge in [-0.15, -0.1) is 0 Å². The fraction of sp³-hybridized carbons (Fsp3) is 0.636. The third-order valence-electron chi connectivity index (χ3n) is 3.32. The topological polar surface area (TPSA) is 64.2 Å². The Balaban J connectivity index is 2.16. The predicted octanol–water partition coefficient (Wildman–Crippen LogP) is 0.229. The molecule has 0 radical (unpaired) electrons. The Kier molecular flexibility index (Phi) is 2.96. The highest BCUT2D eigenvalue weighted by Crippen LogP contribution is 2.24. The summed E-state index contributed by atoms with van der Waals surface area (Å²) in [6, 6.07) is 1.91. The monoisotopic (exact) mass is 222 g/mol. The molecule has 2 atom stereocenters. The number of aromatic nitrogens is 2. The first kappa shape index (κ1) is 11.1. The molecule has 2 N–H and O–H groups in total. The van der Waals surface area contributed by atoms with E-state index in [0.717, 1.165) is 13.0 Å². The van der Waals surface area contributed by atoms with E-state index in [4.69, 9.17) is 5.73 Å². The van der Waals surface area contributed by atoms with Crippen LogP contribution in [0.4, 0.5) is 0 Å². The van der Waals surface area contributed by atoms with Crippen molar-refractivity contribution in [2.24, 2.45) is 18.7 Å². The Hall–Kier alpha value is -1.36. The molecular weight excluding hydrogens is 204 g/mol. The summed E-state index contributed by atoms with van der Waals surface area (Å²) in [7, 11) is 1.81. The fourth-order valence-electron chi connectivity index (χ4n) is 2.30. The number of rotatable bonds is 2. The number of likely N-dealkylation sites (tertiary alicyclic amines) is 1. The van der Waals surface area contributed by atoms with E-state index in [0.29, 0.717) is 18.2 Å². The van der Waals surface area contributed by atoms with Crippen molar-refractivity contribution in [2.75, 3.05) is 13.1 Å². The number of nitrogens with two attached hydrogens (primary N) is 1. The molecule has 1 aromatic rings. The normalized spacial score (nSPS) is 25.1. The van der Waals surface area contributed by atoms with E-state index in [1.807, 2.05) is 11.9 Å². The quantitative estimate of drug-likeness (QED) is 0.779. The van der Waals surface area contributed by atoms with Crippen molar-refractivity contribution in [1.82, 2.24) is 14.7 Å². The number of aryl methyl sites for hydroxylation is 1. The van der Waals surface area contributed by atoms with Gasteiger partial charge in [-0.3, -0.25) is 9.48 Å². The zero-order valence-electron chi connectivity index (χ0n) is 9.76. The van der Waals surface area contributed by atoms with Crippen LogP contribution < -0.4 is 5.73 Å². The summed E-state index contributed by atoms with van der Waals surface area (Å²) in [6.45, 7) is 3.46. The molecule has 0 aliphatic carbocycles. The third kappa shape index (κ3) is 1.82. The van der Waals surface area contributed by atoms with Gasteiger partial charge < -0.3 is 10.6 Å². The van der Waals surface area contributed by atoms with Gasteiger partial charge in [0.25, 0.3) is 5.91 Å². The van der Waals surface area contributed by atoms with Crippen LogP contribution in [0.1, 0.15) is 23.8 Å². The van der Waals surface area contributed by atoms with Crippen molar-refractivity contribution in [3.8, 4) is 0 Å². The minimum atomic E-state index is 0.000370. The van der Waals surface area contributed by atoms with Crippen LogP contribution in [-0.2, 0) is 7.05 Å². The first-order valence-electron chi connectivity index (χ1n) is 5.64. The summed E-state index contributed by atoms with van der Waals surface area (Å²) >= 11 is 0. The summed E-state index contributed by atoms with van der Waals surface area (Å²) in [4.78, 5) is 14.0. The van der Waals surface area contributed by atoms with E-state index in [-0.39, 0.29) is 11.9 Å². The molecule has 1 aromatic heterocycles. The van der Waals surface area contributed by atoms with Gasteiger partial charge in [-0.1, -0.05) is 6.92 Å². The van der Waals surface area contributed by atoms with Crippen LogP contribution in [-0.4, -0.2) is 39.7 Å². The minimum absolute atomic E-state index is 0.000370. The maximum absolute atomic E-state index is 12.2. The third-order valence-corrected chi connectivity index (χ3v) is 3.32. The molecule has 88 valence electrons. The molecule has 2 heterocycles. The lowest BCUT2D eigenvalue weighted by molar-refractivity contribution is 0.0720. The summed E-state index contributed by atoms with van der Waals surface area (Å²) in [5.74, 6) is 0.484. The number of hydrogen-bond acceptors (Lipinski definition) is 3. The lowest BCUT2D eigenvalue weighted by Gasteiger charge is -2.24. The van der Waals surface area contributed by atoms with Crippen LogP contribution in [0, 0.1) is 5.92 Å². The first-order valence-corrected chi connectivity index (χ1v) is 5.64. The van der Waals surface area contributed by atoms with Crippen LogP contribution in [0.25, 0.3) is 0 Å². The molecule has 0 bridgehead atoms. The molecule has 1 fully saturated rings. The molecule has 1 aliphatic rings. The van der Waals surface area contributed by atoms with Gasteiger partial charge in [0.1, 0.15) is 5.69 Å². The fourth-order valence-corrected chi connectivity index (χ4v) is 2.30. The molecule has 0 spiro atoms. The minimum Gasteiger partial charge on any atom is -0.333 e. The van der Waals surface area contributed by atoms with Crippen LogP contribution >= 0.6 is 0 Å². The number of nitrogens with zero attached hydrogens (tertiary/aromatic N) is 3. The van der Waals surface area contributed by atoms with Crippen molar-refractivity contribution in [3.63, 3.8) is 0 Å². The zero-order chi connectivity index (χ0) is 11.7. The smallest absolute Gasteiger partial charge is 0.274 e. The Morgan fingerprint density at radius 2 is 2.44 bits per heavy atom. The van der Waals surface area contributed by atoms with E-state index in [1.165, 1.54) is 0 Å². The van der Waals surface area contributed by atoms with Gasteiger partial charge in [0.05, 0.1) is 0 Å². The van der Waals surface area contributed by atoms with Crippen LogP contribution in [0.2, 0.25) is 0 Å². The Morgan fingerprint density at radius 1 is 1.69 bits per heavy atom. The molecule has 2 unspecified atom stereocenters. The second kappa shape index (κ2) is 4.25. The number of amides is 1. The van der Waals surface area contributed by atoms with Gasteiger partial charge in [0, 0.05) is 32.4 Å². The standard InChI is InChI=1S/C11H18N4O/c1-8-3-6-15(10(8)7-12)11(16)9-4-5-14(2)13-9/h4-5,8,10H,3,6-7,12H2,1-2H3. The highest BCUT2D eigenvalue weighted by molar-refractivity contribution is 5.92. The molecule has 16 heavy (non-hydrogen) atoms. The Bertz CT molecular complexity index is 387. The Morgan fingerprint density at radius 3 is 3.00 bits per heavy atom. The lowest BCUT2D eigenvalue weighted by atomic mass is 10.0. The number of hydrogen-bond donors (Lipinski definition) is 1. The molecule has 1 aliphatic heterocycles. The van der Waals surface area contributed by atoms with Crippen molar-refractivity contribution in [3.05, 3.63) is 18.0 Å². The van der Waals surface area contributed by atoms with Crippen LogP contribution in [0.5, 0.6) is 0 Å². The molecule has 0 aromatic carbocycles. The predicted molar refractivity (Wildman–Crippen MR) is 60.9 cm³/mol. The zero-order valence-corrected chi connectivity index (χ0v) is 9.76. The second-order valence-corrected chi connectivity index (χ2v) is 4.44. The van der Waals surface area contributed by atoms with E-state index >= 15 is 0 Å². The molecule has 5 heteroatoms. The number of carbonyl (C=O) groups is 1. The van der Waals surface area contributed by atoms with E-state index in [9.17, 15) is 4.79 Å². The second-order valence-electron chi connectivity index (χ2n) is 4.44. The molecule has 2 rings (SSSR count). The lowest BCUT2D eigenvalue weighted by Crippen LogP contribution is -2.42. The van der Waals surface area contributed by atoms with Gasteiger partial charge in [-0.05, 0) is 18.4 Å². The van der Waals surface area contributed by atoms with E-state index < -0.39 is 0 Å². The largest absolute Gasteiger partial charge is 0.333 e. The average Bonchev–Trinajstić information content (AvgIpc) is 2.83. The number of carbonyl (C=O) groups excluding carboxylic acids is 1. The van der Waals surface area contributed by atoms with Crippen molar-refractivity contribution in [1.29, 1.82) is 0 Å². The molecule has 1 saturated heterocycles. The SMILES string of the molecule is CC1CCN(C(=O)c2ccn(C)n2)C1CN. The maximum atomic E-state index is 12.2. The van der Waals surface area contributed by atoms with Crippen molar-refractivity contribution in [2.45, 2.75) is 19.4 Å². The van der Waals surface area contributed by atoms with Gasteiger partial charge in [-0.25, -0.2) is 0 Å². The summed E-state index contributed by atoms with van der Waals surface area (Å²) in [6.07, 6.45) is 2.81. The Labute approximate surface area is 95.2 Å². The van der Waals surface area contributed by atoms with Gasteiger partial charge in [0.15, 0.2) is 0 Å². The molecule has 1 amide bonds.